The molecule has 53 heavy (non-hydrogen) atoms. The predicted octanol–water partition coefficient (Wildman–Crippen LogP) is 9.44. The van der Waals surface area contributed by atoms with E-state index in [9.17, 15) is 4.79 Å². The Hall–Kier alpha value is -3.01. The van der Waals surface area contributed by atoms with Crippen LogP contribution in [0.1, 0.15) is 104 Å². The number of carbonyl (C=O) groups excluding carboxylic acids is 1. The van der Waals surface area contributed by atoms with E-state index in [0.717, 1.165) is 86.0 Å². The first kappa shape index (κ1) is 39.7. The number of piperidine rings is 3. The van der Waals surface area contributed by atoms with Crippen LogP contribution in [-0.4, -0.2) is 94.9 Å². The Morgan fingerprint density at radius 1 is 0.792 bits per heavy atom. The van der Waals surface area contributed by atoms with Crippen LogP contribution in [0.25, 0.3) is 11.0 Å². The largest absolute Gasteiger partial charge is 0.491 e. The van der Waals surface area contributed by atoms with Crippen LogP contribution in [-0.2, 0) is 17.9 Å². The second kappa shape index (κ2) is 19.5. The molecule has 1 unspecified atom stereocenters. The van der Waals surface area contributed by atoms with E-state index < -0.39 is 5.60 Å². The Balaban J connectivity index is 1.03. The second-order valence-corrected chi connectivity index (χ2v) is 17.1. The SMILES string of the molecule is CC(C)(C)OC(=O)N1CCCC(CCCOc2cccc3nc(COc4ccc(Cl)cc4)n(CCCC4CCN(CCCN5CCCCC5)CC4)c23)C1. The van der Waals surface area contributed by atoms with Crippen molar-refractivity contribution in [3.63, 3.8) is 0 Å². The normalized spacial score (nSPS) is 19.5. The molecule has 2 aromatic carbocycles. The highest BCUT2D eigenvalue weighted by molar-refractivity contribution is 6.30. The van der Waals surface area contributed by atoms with Crippen molar-refractivity contribution < 1.29 is 19.0 Å². The summed E-state index contributed by atoms with van der Waals surface area (Å²) < 4.78 is 20.7. The molecule has 1 amide bonds. The molecule has 3 saturated heterocycles. The number of carbonyl (C=O) groups is 1. The van der Waals surface area contributed by atoms with Crippen molar-refractivity contribution in [3.8, 4) is 11.5 Å². The van der Waals surface area contributed by atoms with Crippen molar-refractivity contribution in [2.75, 3.05) is 59.0 Å². The van der Waals surface area contributed by atoms with Crippen molar-refractivity contribution >= 4 is 28.7 Å². The van der Waals surface area contributed by atoms with Crippen LogP contribution in [0.15, 0.2) is 42.5 Å². The number of likely N-dealkylation sites (tertiary alicyclic amines) is 3. The molecule has 1 aromatic heterocycles. The third-order valence-electron chi connectivity index (χ3n) is 11.3. The van der Waals surface area contributed by atoms with Crippen LogP contribution in [0.4, 0.5) is 4.79 Å². The van der Waals surface area contributed by atoms with Gasteiger partial charge >= 0.3 is 6.09 Å². The summed E-state index contributed by atoms with van der Waals surface area (Å²) in [7, 11) is 0. The highest BCUT2D eigenvalue weighted by atomic mass is 35.5. The quantitative estimate of drug-likeness (QED) is 0.135. The van der Waals surface area contributed by atoms with E-state index in [2.05, 4.69) is 26.5 Å². The van der Waals surface area contributed by atoms with Crippen molar-refractivity contribution in [1.29, 1.82) is 0 Å². The van der Waals surface area contributed by atoms with Gasteiger partial charge in [0.05, 0.1) is 12.1 Å². The van der Waals surface area contributed by atoms with Gasteiger partial charge in [0.2, 0.25) is 0 Å². The molecule has 3 aromatic rings. The van der Waals surface area contributed by atoms with Gasteiger partial charge in [0.1, 0.15) is 35.0 Å². The molecule has 10 heteroatoms. The zero-order chi connectivity index (χ0) is 37.0. The summed E-state index contributed by atoms with van der Waals surface area (Å²) in [5.41, 5.74) is 1.52. The maximum Gasteiger partial charge on any atom is 0.410 e. The van der Waals surface area contributed by atoms with E-state index in [1.54, 1.807) is 0 Å². The lowest BCUT2D eigenvalue weighted by atomic mass is 9.92. The lowest BCUT2D eigenvalue weighted by Gasteiger charge is -2.34. The first-order chi connectivity index (χ1) is 25.7. The van der Waals surface area contributed by atoms with Crippen LogP contribution in [0, 0.1) is 11.8 Å². The molecule has 4 heterocycles. The van der Waals surface area contributed by atoms with Crippen molar-refractivity contribution in [3.05, 3.63) is 53.3 Å². The molecule has 3 aliphatic heterocycles. The first-order valence-corrected chi connectivity index (χ1v) is 21.0. The number of halogens is 1. The zero-order valence-corrected chi connectivity index (χ0v) is 33.5. The first-order valence-electron chi connectivity index (χ1n) is 20.6. The molecule has 0 N–H and O–H groups in total. The van der Waals surface area contributed by atoms with Crippen LogP contribution in [0.2, 0.25) is 5.02 Å². The van der Waals surface area contributed by atoms with E-state index in [1.165, 1.54) is 84.2 Å². The van der Waals surface area contributed by atoms with Gasteiger partial charge in [0, 0.05) is 24.7 Å². The Bertz CT molecular complexity index is 1560. The highest BCUT2D eigenvalue weighted by Crippen LogP contribution is 2.31. The molecule has 292 valence electrons. The molecule has 0 spiro atoms. The van der Waals surface area contributed by atoms with Gasteiger partial charge in [-0.1, -0.05) is 24.1 Å². The molecule has 0 radical (unpaired) electrons. The van der Waals surface area contributed by atoms with E-state index in [4.69, 9.17) is 30.8 Å². The molecular formula is C43H64ClN5O4. The molecule has 1 atom stereocenters. The Morgan fingerprint density at radius 2 is 1.53 bits per heavy atom. The number of fused-ring (bicyclic) bond motifs is 1. The minimum absolute atomic E-state index is 0.196. The third kappa shape index (κ3) is 12.2. The maximum absolute atomic E-state index is 12.7. The van der Waals surface area contributed by atoms with Crippen molar-refractivity contribution in [2.45, 2.75) is 117 Å². The number of hydrogen-bond acceptors (Lipinski definition) is 7. The number of imidazole rings is 1. The summed E-state index contributed by atoms with van der Waals surface area (Å²) in [6, 6.07) is 13.7. The number of aromatic nitrogens is 2. The number of rotatable bonds is 16. The van der Waals surface area contributed by atoms with Crippen LogP contribution >= 0.6 is 11.6 Å². The van der Waals surface area contributed by atoms with Gasteiger partial charge in [-0.3, -0.25) is 0 Å². The van der Waals surface area contributed by atoms with E-state index in [1.807, 2.05) is 56.0 Å². The number of ether oxygens (including phenoxy) is 3. The smallest absolute Gasteiger partial charge is 0.410 e. The molecule has 0 saturated carbocycles. The van der Waals surface area contributed by atoms with Gasteiger partial charge in [-0.15, -0.1) is 0 Å². The minimum atomic E-state index is -0.475. The summed E-state index contributed by atoms with van der Waals surface area (Å²) in [5, 5.41) is 0.693. The number of aryl methyl sites for hydroxylation is 1. The summed E-state index contributed by atoms with van der Waals surface area (Å²) in [6.07, 6.45) is 14.3. The molecule has 6 rings (SSSR count). The van der Waals surface area contributed by atoms with Crippen LogP contribution in [0.3, 0.4) is 0 Å². The fourth-order valence-corrected chi connectivity index (χ4v) is 8.56. The van der Waals surface area contributed by atoms with Crippen LogP contribution in [0.5, 0.6) is 11.5 Å². The second-order valence-electron chi connectivity index (χ2n) is 16.7. The lowest BCUT2D eigenvalue weighted by molar-refractivity contribution is 0.0159. The number of amides is 1. The molecule has 0 bridgehead atoms. The molecule has 0 aliphatic carbocycles. The maximum atomic E-state index is 12.7. The average Bonchev–Trinajstić information content (AvgIpc) is 3.51. The Kier molecular flexibility index (Phi) is 14.6. The fourth-order valence-electron chi connectivity index (χ4n) is 8.43. The van der Waals surface area contributed by atoms with Crippen molar-refractivity contribution in [2.24, 2.45) is 11.8 Å². The standard InChI is InChI=1S/C43H64ClN5O4/c1-43(2,3)53-42(50)48-27-8-13-35(32-48)14-10-31-51-39-16-7-15-38-41(39)49(40(45-38)33-52-37-19-17-36(44)18-20-37)28-9-12-34-21-29-47(30-22-34)26-11-25-46-23-5-4-6-24-46/h7,15-20,34-35H,4-6,8-14,21-33H2,1-3H3. The summed E-state index contributed by atoms with van der Waals surface area (Å²) in [6.45, 7) is 16.8. The number of nitrogens with zero attached hydrogens (tertiary/aromatic N) is 5. The molecule has 3 fully saturated rings. The topological polar surface area (TPSA) is 72.3 Å². The van der Waals surface area contributed by atoms with Gasteiger partial charge in [-0.2, -0.15) is 0 Å². The summed E-state index contributed by atoms with van der Waals surface area (Å²) in [5.74, 6) is 3.81. The summed E-state index contributed by atoms with van der Waals surface area (Å²) in [4.78, 5) is 25.0. The molecule has 3 aliphatic rings. The minimum Gasteiger partial charge on any atom is -0.491 e. The third-order valence-corrected chi connectivity index (χ3v) is 11.5. The van der Waals surface area contributed by atoms with Gasteiger partial charge in [-0.25, -0.2) is 9.78 Å². The van der Waals surface area contributed by atoms with Gasteiger partial charge < -0.3 is 33.5 Å². The Labute approximate surface area is 323 Å². The van der Waals surface area contributed by atoms with Gasteiger partial charge in [-0.05, 0) is 179 Å². The zero-order valence-electron chi connectivity index (χ0n) is 32.7. The average molecular weight is 750 g/mol. The molecular weight excluding hydrogens is 686 g/mol. The van der Waals surface area contributed by atoms with Gasteiger partial charge in [0.25, 0.3) is 0 Å². The number of para-hydroxylation sites is 1. The van der Waals surface area contributed by atoms with Crippen LogP contribution < -0.4 is 9.47 Å². The van der Waals surface area contributed by atoms with E-state index in [-0.39, 0.29) is 6.09 Å². The van der Waals surface area contributed by atoms with E-state index >= 15 is 0 Å². The Morgan fingerprint density at radius 3 is 2.28 bits per heavy atom. The fraction of sp³-hybridized carbons (Fsp3) is 0.674. The van der Waals surface area contributed by atoms with E-state index in [0.29, 0.717) is 24.2 Å². The van der Waals surface area contributed by atoms with Crippen molar-refractivity contribution in [1.82, 2.24) is 24.3 Å². The van der Waals surface area contributed by atoms with Gasteiger partial charge in [0.15, 0.2) is 0 Å². The predicted molar refractivity (Wildman–Crippen MR) is 214 cm³/mol. The summed E-state index contributed by atoms with van der Waals surface area (Å²) >= 11 is 6.13. The monoisotopic (exact) mass is 749 g/mol. The highest BCUT2D eigenvalue weighted by Gasteiger charge is 2.28. The number of hydrogen-bond donors (Lipinski definition) is 0. The molecule has 9 nitrogen and oxygen atoms in total. The lowest BCUT2D eigenvalue weighted by Crippen LogP contribution is -2.42. The number of benzene rings is 2.